The summed E-state index contributed by atoms with van der Waals surface area (Å²) in [6.07, 6.45) is 3.57. The van der Waals surface area contributed by atoms with Gasteiger partial charge < -0.3 is 4.42 Å². The van der Waals surface area contributed by atoms with Crippen LogP contribution in [0.5, 0.6) is 0 Å². The van der Waals surface area contributed by atoms with Gasteiger partial charge in [-0.05, 0) is 41.1 Å². The Morgan fingerprint density at radius 3 is 3.18 bits per heavy atom. The molecule has 0 spiro atoms. The van der Waals surface area contributed by atoms with Crippen LogP contribution in [0.3, 0.4) is 0 Å². The van der Waals surface area contributed by atoms with Crippen LogP contribution in [0.1, 0.15) is 5.56 Å². The van der Waals surface area contributed by atoms with Gasteiger partial charge in [0, 0.05) is 6.20 Å². The Morgan fingerprint density at radius 1 is 1.55 bits per heavy atom. The average molecular weight is 259 g/mol. The number of nitrogens with zero attached hydrogens (tertiary/aromatic N) is 1. The van der Waals surface area contributed by atoms with E-state index in [1.165, 1.54) is 0 Å². The summed E-state index contributed by atoms with van der Waals surface area (Å²) >= 11 is 2.21. The number of aromatic nitrogens is 1. The van der Waals surface area contributed by atoms with Gasteiger partial charge in [0.15, 0.2) is 5.58 Å². The molecule has 0 amide bonds. The lowest BCUT2D eigenvalue weighted by Gasteiger charge is -1.89. The highest BCUT2D eigenvalue weighted by Crippen LogP contribution is 2.20. The Morgan fingerprint density at radius 2 is 2.36 bits per heavy atom. The predicted octanol–water partition coefficient (Wildman–Crippen LogP) is 2.74. The average Bonchev–Trinajstić information content (AvgIpc) is 2.32. The fourth-order valence-corrected chi connectivity index (χ4v) is 1.51. The van der Waals surface area contributed by atoms with E-state index in [2.05, 4.69) is 27.6 Å². The van der Waals surface area contributed by atoms with Crippen LogP contribution >= 0.6 is 22.6 Å². The lowest BCUT2D eigenvalue weighted by atomic mass is 10.3. The molecular formula is C8H6INO. The zero-order valence-electron chi connectivity index (χ0n) is 5.97. The monoisotopic (exact) mass is 259 g/mol. The standard InChI is InChI=1S/C8H6INO/c1-5-2-7-8(10-3-5)6(9)4-11-7/h2-4H,1H3. The lowest BCUT2D eigenvalue weighted by Crippen LogP contribution is -1.77. The van der Waals surface area contributed by atoms with Gasteiger partial charge in [-0.15, -0.1) is 0 Å². The number of hydrogen-bond acceptors (Lipinski definition) is 2. The summed E-state index contributed by atoms with van der Waals surface area (Å²) < 4.78 is 6.33. The van der Waals surface area contributed by atoms with Crippen molar-refractivity contribution in [3.05, 3.63) is 27.7 Å². The van der Waals surface area contributed by atoms with Gasteiger partial charge >= 0.3 is 0 Å². The fraction of sp³-hybridized carbons (Fsp3) is 0.125. The van der Waals surface area contributed by atoms with E-state index < -0.39 is 0 Å². The summed E-state index contributed by atoms with van der Waals surface area (Å²) in [6.45, 7) is 2.00. The van der Waals surface area contributed by atoms with E-state index in [9.17, 15) is 0 Å². The summed E-state index contributed by atoms with van der Waals surface area (Å²) in [5.41, 5.74) is 2.95. The third-order valence-corrected chi connectivity index (χ3v) is 2.27. The van der Waals surface area contributed by atoms with E-state index in [0.717, 1.165) is 20.2 Å². The number of furan rings is 1. The second-order valence-corrected chi connectivity index (χ2v) is 3.61. The summed E-state index contributed by atoms with van der Waals surface area (Å²) in [6, 6.07) is 1.99. The van der Waals surface area contributed by atoms with Crippen LogP contribution in [-0.2, 0) is 0 Å². The van der Waals surface area contributed by atoms with Crippen LogP contribution in [0.4, 0.5) is 0 Å². The van der Waals surface area contributed by atoms with Gasteiger partial charge in [-0.3, -0.25) is 4.98 Å². The summed E-state index contributed by atoms with van der Waals surface area (Å²) in [5.74, 6) is 0. The maximum Gasteiger partial charge on any atom is 0.153 e. The first-order valence-corrected chi connectivity index (χ1v) is 4.34. The summed E-state index contributed by atoms with van der Waals surface area (Å²) in [5, 5.41) is 0. The SMILES string of the molecule is Cc1cnc2c(I)coc2c1. The molecule has 2 rings (SSSR count). The van der Waals surface area contributed by atoms with Crippen molar-refractivity contribution in [2.24, 2.45) is 0 Å². The zero-order chi connectivity index (χ0) is 7.84. The molecule has 0 aliphatic rings. The van der Waals surface area contributed by atoms with Crippen molar-refractivity contribution in [3.8, 4) is 0 Å². The number of aryl methyl sites for hydroxylation is 1. The Hall–Kier alpha value is -0.580. The third-order valence-electron chi connectivity index (χ3n) is 1.51. The zero-order valence-corrected chi connectivity index (χ0v) is 8.12. The highest BCUT2D eigenvalue weighted by Gasteiger charge is 2.02. The van der Waals surface area contributed by atoms with Crippen LogP contribution in [0.25, 0.3) is 11.1 Å². The Balaban J connectivity index is 2.86. The third kappa shape index (κ3) is 1.13. The second kappa shape index (κ2) is 2.48. The second-order valence-electron chi connectivity index (χ2n) is 2.44. The van der Waals surface area contributed by atoms with E-state index in [1.807, 2.05) is 19.2 Å². The molecule has 0 N–H and O–H groups in total. The molecule has 0 saturated heterocycles. The van der Waals surface area contributed by atoms with Crippen molar-refractivity contribution in [1.82, 2.24) is 4.98 Å². The van der Waals surface area contributed by atoms with E-state index in [1.54, 1.807) is 6.26 Å². The Bertz CT molecular complexity index is 394. The molecular weight excluding hydrogens is 253 g/mol. The highest BCUT2D eigenvalue weighted by atomic mass is 127. The smallest absolute Gasteiger partial charge is 0.153 e. The molecule has 0 bridgehead atoms. The number of rotatable bonds is 0. The van der Waals surface area contributed by atoms with Gasteiger partial charge in [-0.1, -0.05) is 0 Å². The first kappa shape index (κ1) is 7.09. The van der Waals surface area contributed by atoms with Crippen molar-refractivity contribution in [3.63, 3.8) is 0 Å². The van der Waals surface area contributed by atoms with Crippen LogP contribution in [0, 0.1) is 10.5 Å². The molecule has 0 aliphatic heterocycles. The molecule has 0 aliphatic carbocycles. The lowest BCUT2D eigenvalue weighted by molar-refractivity contribution is 0.613. The number of halogens is 1. The summed E-state index contributed by atoms with van der Waals surface area (Å²) in [4.78, 5) is 4.24. The molecule has 2 aromatic heterocycles. The number of fused-ring (bicyclic) bond motifs is 1. The minimum absolute atomic E-state index is 0.870. The Labute approximate surface area is 77.8 Å². The molecule has 0 atom stereocenters. The highest BCUT2D eigenvalue weighted by molar-refractivity contribution is 14.1. The van der Waals surface area contributed by atoms with E-state index in [4.69, 9.17) is 4.42 Å². The minimum Gasteiger partial charge on any atom is -0.461 e. The van der Waals surface area contributed by atoms with Crippen LogP contribution in [0.2, 0.25) is 0 Å². The molecule has 2 heterocycles. The van der Waals surface area contributed by atoms with Gasteiger partial charge in [0.05, 0.1) is 3.57 Å². The maximum absolute atomic E-state index is 5.26. The molecule has 2 nitrogen and oxygen atoms in total. The Kier molecular flexibility index (Phi) is 1.60. The van der Waals surface area contributed by atoms with Gasteiger partial charge in [-0.2, -0.15) is 0 Å². The first-order valence-electron chi connectivity index (χ1n) is 3.27. The molecule has 11 heavy (non-hydrogen) atoms. The van der Waals surface area contributed by atoms with Crippen LogP contribution in [-0.4, -0.2) is 4.98 Å². The quantitative estimate of drug-likeness (QED) is 0.680. The molecule has 0 aromatic carbocycles. The molecule has 0 saturated carbocycles. The van der Waals surface area contributed by atoms with Crippen molar-refractivity contribution in [2.75, 3.05) is 0 Å². The van der Waals surface area contributed by atoms with Crippen LogP contribution < -0.4 is 0 Å². The molecule has 0 unspecified atom stereocenters. The van der Waals surface area contributed by atoms with E-state index in [0.29, 0.717) is 0 Å². The van der Waals surface area contributed by atoms with E-state index in [-0.39, 0.29) is 0 Å². The topological polar surface area (TPSA) is 26.0 Å². The number of hydrogen-bond donors (Lipinski definition) is 0. The predicted molar refractivity (Wildman–Crippen MR) is 51.5 cm³/mol. The normalized spacial score (nSPS) is 10.7. The summed E-state index contributed by atoms with van der Waals surface area (Å²) in [7, 11) is 0. The van der Waals surface area contributed by atoms with Crippen molar-refractivity contribution >= 4 is 33.7 Å². The largest absolute Gasteiger partial charge is 0.461 e. The van der Waals surface area contributed by atoms with Gasteiger partial charge in [0.2, 0.25) is 0 Å². The molecule has 3 heteroatoms. The maximum atomic E-state index is 5.26. The molecule has 0 radical (unpaired) electrons. The minimum atomic E-state index is 0.870. The number of pyridine rings is 1. The molecule has 0 fully saturated rings. The van der Waals surface area contributed by atoms with E-state index >= 15 is 0 Å². The molecule has 56 valence electrons. The van der Waals surface area contributed by atoms with Gasteiger partial charge in [-0.25, -0.2) is 0 Å². The van der Waals surface area contributed by atoms with Gasteiger partial charge in [0.25, 0.3) is 0 Å². The van der Waals surface area contributed by atoms with Crippen LogP contribution in [0.15, 0.2) is 22.9 Å². The van der Waals surface area contributed by atoms with Crippen molar-refractivity contribution < 1.29 is 4.42 Å². The van der Waals surface area contributed by atoms with Gasteiger partial charge in [0.1, 0.15) is 11.8 Å². The molecule has 2 aromatic rings. The van der Waals surface area contributed by atoms with Crippen molar-refractivity contribution in [1.29, 1.82) is 0 Å². The first-order chi connectivity index (χ1) is 5.27. The fourth-order valence-electron chi connectivity index (χ4n) is 0.983. The van der Waals surface area contributed by atoms with Crippen molar-refractivity contribution in [2.45, 2.75) is 6.92 Å².